The Kier molecular flexibility index (Phi) is 8.49. The van der Waals surface area contributed by atoms with E-state index >= 15 is 0 Å². The van der Waals surface area contributed by atoms with Gasteiger partial charge in [0.25, 0.3) is 11.8 Å². The summed E-state index contributed by atoms with van der Waals surface area (Å²) in [6, 6.07) is 16.3. The first-order chi connectivity index (χ1) is 20.1. The minimum Gasteiger partial charge on any atom is -0.504 e. The number of phenols is 2. The summed E-state index contributed by atoms with van der Waals surface area (Å²) in [5.74, 6) is -0.779. The number of phenolic OH excluding ortho intramolecular Hbond substituents is 2. The molecule has 0 atom stereocenters. The van der Waals surface area contributed by atoms with Crippen LogP contribution in [0, 0.1) is 0 Å². The van der Waals surface area contributed by atoms with Crippen molar-refractivity contribution in [2.24, 2.45) is 0 Å². The van der Waals surface area contributed by atoms with Gasteiger partial charge in [-0.1, -0.05) is 36.4 Å². The number of carbonyl (C=O) groups is 2. The lowest BCUT2D eigenvalue weighted by Crippen LogP contribution is -2.38. The normalized spacial score (nSPS) is 14.1. The number of aromatic hydroxyl groups is 2. The second kappa shape index (κ2) is 12.2. The van der Waals surface area contributed by atoms with Crippen LogP contribution in [0.1, 0.15) is 55.7 Å². The Hall–Kier alpha value is -4.38. The summed E-state index contributed by atoms with van der Waals surface area (Å²) in [7, 11) is 0. The standard InChI is InChI=1S/C31H28F3N3O4S/c32-31(33,34)22-8-6-20(7-9-22)23-3-1-2-4-24(23)30(41)37-15-12-21(13-16-37)29-36-25(18-42-29)28(40)35-14-11-19-5-10-26(38)27(39)17-19/h1-10,17-18,21,38-39H,11-16H2,(H,35,40). The highest BCUT2D eigenvalue weighted by Gasteiger charge is 2.31. The van der Waals surface area contributed by atoms with Gasteiger partial charge in [0, 0.05) is 36.5 Å². The number of nitrogens with one attached hydrogen (secondary N) is 1. The molecule has 218 valence electrons. The van der Waals surface area contributed by atoms with Crippen LogP contribution in [-0.4, -0.2) is 51.5 Å². The average molecular weight is 596 g/mol. The molecule has 3 N–H and O–H groups in total. The third-order valence-corrected chi connectivity index (χ3v) is 8.31. The lowest BCUT2D eigenvalue weighted by atomic mass is 9.94. The fourth-order valence-corrected chi connectivity index (χ4v) is 5.95. The zero-order valence-corrected chi connectivity index (χ0v) is 23.2. The summed E-state index contributed by atoms with van der Waals surface area (Å²) in [6.45, 7) is 1.32. The summed E-state index contributed by atoms with van der Waals surface area (Å²) in [5.41, 5.74) is 1.91. The third-order valence-electron chi connectivity index (χ3n) is 7.31. The topological polar surface area (TPSA) is 103 Å². The lowest BCUT2D eigenvalue weighted by molar-refractivity contribution is -0.137. The van der Waals surface area contributed by atoms with E-state index in [0.717, 1.165) is 22.7 Å². The summed E-state index contributed by atoms with van der Waals surface area (Å²) >= 11 is 1.41. The van der Waals surface area contributed by atoms with Gasteiger partial charge in [0.05, 0.1) is 10.6 Å². The van der Waals surface area contributed by atoms with Gasteiger partial charge in [-0.05, 0) is 66.3 Å². The number of piperidine rings is 1. The van der Waals surface area contributed by atoms with E-state index in [1.165, 1.54) is 35.6 Å². The number of likely N-dealkylation sites (tertiary alicyclic amines) is 1. The number of benzene rings is 3. The number of amides is 2. The molecule has 0 saturated carbocycles. The molecule has 0 unspecified atom stereocenters. The van der Waals surface area contributed by atoms with Crippen LogP contribution < -0.4 is 5.32 Å². The first-order valence-electron chi connectivity index (χ1n) is 13.4. The largest absolute Gasteiger partial charge is 0.504 e. The van der Waals surface area contributed by atoms with E-state index in [4.69, 9.17) is 0 Å². The molecular weight excluding hydrogens is 567 g/mol. The number of hydrogen-bond donors (Lipinski definition) is 3. The Bertz CT molecular complexity index is 1580. The van der Waals surface area contributed by atoms with Crippen molar-refractivity contribution in [1.29, 1.82) is 0 Å². The van der Waals surface area contributed by atoms with Gasteiger partial charge in [0.15, 0.2) is 11.5 Å². The molecule has 1 aliphatic rings. The number of halogens is 3. The van der Waals surface area contributed by atoms with Gasteiger partial charge < -0.3 is 20.4 Å². The number of hydrogen-bond acceptors (Lipinski definition) is 6. The van der Waals surface area contributed by atoms with Crippen molar-refractivity contribution >= 4 is 23.2 Å². The second-order valence-corrected chi connectivity index (χ2v) is 11.0. The smallest absolute Gasteiger partial charge is 0.416 e. The molecule has 0 bridgehead atoms. The number of alkyl halides is 3. The molecule has 0 spiro atoms. The Balaban J connectivity index is 1.17. The molecule has 1 saturated heterocycles. The molecule has 5 rings (SSSR count). The molecule has 2 heterocycles. The maximum atomic E-state index is 13.4. The Morgan fingerprint density at radius 3 is 2.38 bits per heavy atom. The highest BCUT2D eigenvalue weighted by Crippen LogP contribution is 2.34. The van der Waals surface area contributed by atoms with E-state index in [1.807, 2.05) is 0 Å². The molecule has 1 fully saturated rings. The van der Waals surface area contributed by atoms with E-state index < -0.39 is 11.7 Å². The molecule has 42 heavy (non-hydrogen) atoms. The molecule has 7 nitrogen and oxygen atoms in total. The van der Waals surface area contributed by atoms with E-state index in [1.54, 1.807) is 40.6 Å². The van der Waals surface area contributed by atoms with Crippen LogP contribution in [-0.2, 0) is 12.6 Å². The first kappa shape index (κ1) is 29.1. The minimum absolute atomic E-state index is 0.103. The van der Waals surface area contributed by atoms with Crippen molar-refractivity contribution in [2.75, 3.05) is 19.6 Å². The molecule has 4 aromatic rings. The first-order valence-corrected chi connectivity index (χ1v) is 14.3. The van der Waals surface area contributed by atoms with Gasteiger partial charge in [-0.15, -0.1) is 11.3 Å². The molecule has 0 radical (unpaired) electrons. The van der Waals surface area contributed by atoms with E-state index in [2.05, 4.69) is 10.3 Å². The van der Waals surface area contributed by atoms with E-state index in [9.17, 15) is 33.0 Å². The SMILES string of the molecule is O=C(NCCc1ccc(O)c(O)c1)c1csc(C2CCN(C(=O)c3ccccc3-c3ccc(C(F)(F)F)cc3)CC2)n1. The molecule has 0 aliphatic carbocycles. The predicted octanol–water partition coefficient (Wildman–Crippen LogP) is 6.23. The molecule has 3 aromatic carbocycles. The number of aromatic nitrogens is 1. The van der Waals surface area contributed by atoms with Crippen LogP contribution in [0.5, 0.6) is 11.5 Å². The highest BCUT2D eigenvalue weighted by atomic mass is 32.1. The minimum atomic E-state index is -4.43. The number of carbonyl (C=O) groups excluding carboxylic acids is 2. The quantitative estimate of drug-likeness (QED) is 0.220. The van der Waals surface area contributed by atoms with Crippen LogP contribution in [0.25, 0.3) is 11.1 Å². The lowest BCUT2D eigenvalue weighted by Gasteiger charge is -2.31. The van der Waals surface area contributed by atoms with Gasteiger partial charge in [0.1, 0.15) is 5.69 Å². The Labute approximate surface area is 244 Å². The summed E-state index contributed by atoms with van der Waals surface area (Å²) < 4.78 is 39.0. The summed E-state index contributed by atoms with van der Waals surface area (Å²) in [6.07, 6.45) is -2.61. The fraction of sp³-hybridized carbons (Fsp3) is 0.258. The number of rotatable bonds is 7. The van der Waals surface area contributed by atoms with Crippen LogP contribution in [0.4, 0.5) is 13.2 Å². The van der Waals surface area contributed by atoms with Gasteiger partial charge >= 0.3 is 6.18 Å². The maximum absolute atomic E-state index is 13.4. The van der Waals surface area contributed by atoms with Gasteiger partial charge in [0.2, 0.25) is 0 Å². The fourth-order valence-electron chi connectivity index (χ4n) is 4.97. The van der Waals surface area contributed by atoms with Crippen molar-refractivity contribution in [3.63, 3.8) is 0 Å². The molecular formula is C31H28F3N3O4S. The molecule has 1 aromatic heterocycles. The zero-order valence-electron chi connectivity index (χ0n) is 22.4. The second-order valence-electron chi connectivity index (χ2n) is 10.1. The number of thiazole rings is 1. The molecule has 2 amide bonds. The third kappa shape index (κ3) is 6.57. The molecule has 11 heteroatoms. The number of nitrogens with zero attached hydrogens (tertiary/aromatic N) is 2. The van der Waals surface area contributed by atoms with Crippen LogP contribution in [0.3, 0.4) is 0 Å². The summed E-state index contributed by atoms with van der Waals surface area (Å²) in [5, 5.41) is 24.4. The predicted molar refractivity (Wildman–Crippen MR) is 153 cm³/mol. The van der Waals surface area contributed by atoms with Crippen molar-refractivity contribution in [1.82, 2.24) is 15.2 Å². The average Bonchev–Trinajstić information content (AvgIpc) is 3.49. The van der Waals surface area contributed by atoms with Crippen molar-refractivity contribution in [3.05, 3.63) is 99.5 Å². The van der Waals surface area contributed by atoms with Gasteiger partial charge in [-0.2, -0.15) is 13.2 Å². The van der Waals surface area contributed by atoms with Gasteiger partial charge in [-0.25, -0.2) is 4.98 Å². The Morgan fingerprint density at radius 1 is 0.976 bits per heavy atom. The van der Waals surface area contributed by atoms with Crippen molar-refractivity contribution < 1.29 is 33.0 Å². The van der Waals surface area contributed by atoms with Crippen molar-refractivity contribution in [3.8, 4) is 22.6 Å². The molecule has 1 aliphatic heterocycles. The van der Waals surface area contributed by atoms with Crippen molar-refractivity contribution in [2.45, 2.75) is 31.4 Å². The Morgan fingerprint density at radius 2 is 1.69 bits per heavy atom. The van der Waals surface area contributed by atoms with E-state index in [-0.39, 0.29) is 29.2 Å². The van der Waals surface area contributed by atoms with Crippen LogP contribution in [0.2, 0.25) is 0 Å². The van der Waals surface area contributed by atoms with Crippen LogP contribution >= 0.6 is 11.3 Å². The van der Waals surface area contributed by atoms with Gasteiger partial charge in [-0.3, -0.25) is 9.59 Å². The monoisotopic (exact) mass is 595 g/mol. The highest BCUT2D eigenvalue weighted by molar-refractivity contribution is 7.09. The zero-order chi connectivity index (χ0) is 29.9. The van der Waals surface area contributed by atoms with Crippen LogP contribution in [0.15, 0.2) is 72.1 Å². The summed E-state index contributed by atoms with van der Waals surface area (Å²) in [4.78, 5) is 32.3. The van der Waals surface area contributed by atoms with E-state index in [0.29, 0.717) is 61.3 Å². The maximum Gasteiger partial charge on any atom is 0.416 e.